The number of esters is 1. The second-order valence-electron chi connectivity index (χ2n) is 5.34. The van der Waals surface area contributed by atoms with Crippen LogP contribution >= 0.6 is 0 Å². The van der Waals surface area contributed by atoms with Crippen LogP contribution in [0.15, 0.2) is 27.8 Å². The molecule has 130 valence electrons. The number of H-pyrrole nitrogens is 1. The molecule has 0 atom stereocenters. The number of nitrogens with zero attached hydrogens (tertiary/aromatic N) is 3. The molecule has 10 heteroatoms. The molecule has 0 fully saturated rings. The van der Waals surface area contributed by atoms with Gasteiger partial charge < -0.3 is 10.5 Å². The van der Waals surface area contributed by atoms with Gasteiger partial charge in [0.25, 0.3) is 5.56 Å². The van der Waals surface area contributed by atoms with Crippen molar-refractivity contribution in [3.05, 3.63) is 56.0 Å². The highest BCUT2D eigenvalue weighted by atomic mass is 19.1. The number of aromatic nitrogens is 4. The number of ether oxygens (including phenoxy) is 1. The molecular formula is C15H14FN5O4. The summed E-state index contributed by atoms with van der Waals surface area (Å²) in [4.78, 5) is 41.3. The normalized spacial score (nSPS) is 11.0. The zero-order chi connectivity index (χ0) is 18.3. The van der Waals surface area contributed by atoms with E-state index in [1.807, 2.05) is 0 Å². The van der Waals surface area contributed by atoms with Crippen molar-refractivity contribution in [2.75, 3.05) is 12.8 Å². The number of nitrogen functional groups attached to an aromatic ring is 1. The molecule has 0 saturated heterocycles. The van der Waals surface area contributed by atoms with E-state index < -0.39 is 23.0 Å². The zero-order valence-corrected chi connectivity index (χ0v) is 13.4. The van der Waals surface area contributed by atoms with E-state index in [-0.39, 0.29) is 34.8 Å². The molecule has 0 radical (unpaired) electrons. The van der Waals surface area contributed by atoms with Gasteiger partial charge in [0.2, 0.25) is 5.95 Å². The Morgan fingerprint density at radius 1 is 1.40 bits per heavy atom. The third-order valence-corrected chi connectivity index (χ3v) is 3.84. The molecule has 2 aromatic heterocycles. The molecule has 3 aromatic rings. The number of fused-ring (bicyclic) bond motifs is 1. The third kappa shape index (κ3) is 2.67. The van der Waals surface area contributed by atoms with Gasteiger partial charge in [-0.2, -0.15) is 4.98 Å². The van der Waals surface area contributed by atoms with E-state index in [1.54, 1.807) is 0 Å². The van der Waals surface area contributed by atoms with E-state index >= 15 is 0 Å². The van der Waals surface area contributed by atoms with Crippen LogP contribution in [0.5, 0.6) is 0 Å². The average molecular weight is 347 g/mol. The van der Waals surface area contributed by atoms with Crippen LogP contribution in [0.25, 0.3) is 11.2 Å². The van der Waals surface area contributed by atoms with Crippen LogP contribution < -0.4 is 17.0 Å². The van der Waals surface area contributed by atoms with Gasteiger partial charge in [0, 0.05) is 12.6 Å². The van der Waals surface area contributed by atoms with E-state index in [4.69, 9.17) is 5.73 Å². The monoisotopic (exact) mass is 347 g/mol. The van der Waals surface area contributed by atoms with Crippen LogP contribution in [-0.2, 0) is 18.3 Å². The molecule has 25 heavy (non-hydrogen) atoms. The van der Waals surface area contributed by atoms with Crippen LogP contribution in [0.2, 0.25) is 0 Å². The Morgan fingerprint density at radius 3 is 2.76 bits per heavy atom. The largest absolute Gasteiger partial charge is 0.465 e. The van der Waals surface area contributed by atoms with Crippen molar-refractivity contribution in [1.29, 1.82) is 0 Å². The molecule has 0 unspecified atom stereocenters. The Labute approximate surface area is 139 Å². The van der Waals surface area contributed by atoms with Gasteiger partial charge in [0.1, 0.15) is 5.82 Å². The molecule has 2 heterocycles. The minimum absolute atomic E-state index is 0.0434. The van der Waals surface area contributed by atoms with Gasteiger partial charge >= 0.3 is 11.7 Å². The maximum atomic E-state index is 14.3. The third-order valence-electron chi connectivity index (χ3n) is 3.84. The first kappa shape index (κ1) is 16.4. The van der Waals surface area contributed by atoms with E-state index in [1.165, 1.54) is 30.9 Å². The minimum atomic E-state index is -0.672. The highest BCUT2D eigenvalue weighted by Gasteiger charge is 2.17. The number of aromatic amines is 1. The second kappa shape index (κ2) is 5.89. The molecule has 0 bridgehead atoms. The van der Waals surface area contributed by atoms with Crippen molar-refractivity contribution in [3.63, 3.8) is 0 Å². The Balaban J connectivity index is 2.12. The molecule has 0 aliphatic carbocycles. The minimum Gasteiger partial charge on any atom is -0.465 e. The lowest BCUT2D eigenvalue weighted by atomic mass is 10.1. The topological polar surface area (TPSA) is 125 Å². The average Bonchev–Trinajstić information content (AvgIpc) is 2.91. The fourth-order valence-corrected chi connectivity index (χ4v) is 2.50. The maximum Gasteiger partial charge on any atom is 0.337 e. The standard InChI is InChI=1S/C15H14FN5O4/c1-20-11-10(12(22)19-15(20)24)21(14(17)18-11)6-8-4-3-7(5-9(8)16)13(23)25-2/h3-5H,6H2,1-2H3,(H2,17,18)(H,19,22,24). The van der Waals surface area contributed by atoms with Gasteiger partial charge in [-0.25, -0.2) is 14.0 Å². The number of hydrogen-bond acceptors (Lipinski definition) is 6. The summed E-state index contributed by atoms with van der Waals surface area (Å²) in [6.07, 6.45) is 0. The summed E-state index contributed by atoms with van der Waals surface area (Å²) in [5.41, 5.74) is 4.92. The van der Waals surface area contributed by atoms with E-state index in [2.05, 4.69) is 14.7 Å². The van der Waals surface area contributed by atoms with Gasteiger partial charge in [0.05, 0.1) is 19.2 Å². The summed E-state index contributed by atoms with van der Waals surface area (Å²) in [6.45, 7) is -0.100. The number of hydrogen-bond donors (Lipinski definition) is 2. The quantitative estimate of drug-likeness (QED) is 0.642. The van der Waals surface area contributed by atoms with Gasteiger partial charge in [-0.1, -0.05) is 6.07 Å². The molecule has 9 nitrogen and oxygen atoms in total. The number of carbonyl (C=O) groups excluding carboxylic acids is 1. The van der Waals surface area contributed by atoms with Gasteiger partial charge in [-0.3, -0.25) is 18.9 Å². The Morgan fingerprint density at radius 2 is 2.12 bits per heavy atom. The molecule has 0 saturated carbocycles. The summed E-state index contributed by atoms with van der Waals surface area (Å²) in [7, 11) is 2.63. The van der Waals surface area contributed by atoms with Crippen molar-refractivity contribution < 1.29 is 13.9 Å². The van der Waals surface area contributed by atoms with E-state index in [0.29, 0.717) is 0 Å². The molecule has 0 amide bonds. The van der Waals surface area contributed by atoms with Crippen LogP contribution in [-0.4, -0.2) is 32.2 Å². The number of aryl methyl sites for hydroxylation is 1. The summed E-state index contributed by atoms with van der Waals surface area (Å²) in [5, 5.41) is 0. The molecule has 0 aliphatic heterocycles. The maximum absolute atomic E-state index is 14.3. The van der Waals surface area contributed by atoms with Crippen LogP contribution in [0, 0.1) is 5.82 Å². The fraction of sp³-hybridized carbons (Fsp3) is 0.200. The summed E-state index contributed by atoms with van der Waals surface area (Å²) < 4.78 is 21.3. The first-order valence-electron chi connectivity index (χ1n) is 7.15. The number of nitrogens with two attached hydrogens (primary N) is 1. The zero-order valence-electron chi connectivity index (χ0n) is 13.4. The molecule has 0 aliphatic rings. The number of benzene rings is 1. The second-order valence-corrected chi connectivity index (χ2v) is 5.34. The van der Waals surface area contributed by atoms with Gasteiger partial charge in [0.15, 0.2) is 11.2 Å². The summed E-state index contributed by atoms with van der Waals surface area (Å²) in [5.74, 6) is -1.37. The lowest BCUT2D eigenvalue weighted by Gasteiger charge is -2.08. The van der Waals surface area contributed by atoms with Crippen LogP contribution in [0.3, 0.4) is 0 Å². The van der Waals surface area contributed by atoms with Crippen LogP contribution in [0.1, 0.15) is 15.9 Å². The van der Waals surface area contributed by atoms with E-state index in [0.717, 1.165) is 10.6 Å². The number of anilines is 1. The number of methoxy groups -OCH3 is 1. The van der Waals surface area contributed by atoms with E-state index in [9.17, 15) is 18.8 Å². The lowest BCUT2D eigenvalue weighted by molar-refractivity contribution is 0.0600. The van der Waals surface area contributed by atoms with Gasteiger partial charge in [-0.15, -0.1) is 0 Å². The number of halogens is 1. The highest BCUT2D eigenvalue weighted by molar-refractivity contribution is 5.89. The number of nitrogens with one attached hydrogen (secondary N) is 1. The smallest absolute Gasteiger partial charge is 0.337 e. The van der Waals surface area contributed by atoms with Crippen molar-refractivity contribution in [3.8, 4) is 0 Å². The van der Waals surface area contributed by atoms with Gasteiger partial charge in [-0.05, 0) is 12.1 Å². The highest BCUT2D eigenvalue weighted by Crippen LogP contribution is 2.18. The predicted molar refractivity (Wildman–Crippen MR) is 86.8 cm³/mol. The van der Waals surface area contributed by atoms with Crippen molar-refractivity contribution in [1.82, 2.24) is 19.1 Å². The lowest BCUT2D eigenvalue weighted by Crippen LogP contribution is -2.29. The first-order valence-corrected chi connectivity index (χ1v) is 7.15. The number of carbonyl (C=O) groups is 1. The van der Waals surface area contributed by atoms with Crippen molar-refractivity contribution in [2.24, 2.45) is 7.05 Å². The van der Waals surface area contributed by atoms with Crippen LogP contribution in [0.4, 0.5) is 10.3 Å². The molecule has 0 spiro atoms. The SMILES string of the molecule is COC(=O)c1ccc(Cn2c(N)nc3c2c(=O)[nH]c(=O)n3C)c(F)c1. The Bertz CT molecular complexity index is 1110. The number of imidazole rings is 1. The molecule has 3 N–H and O–H groups in total. The first-order chi connectivity index (χ1) is 11.8. The molecular weight excluding hydrogens is 333 g/mol. The summed E-state index contributed by atoms with van der Waals surface area (Å²) in [6, 6.07) is 3.83. The van der Waals surface area contributed by atoms with Crippen molar-refractivity contribution in [2.45, 2.75) is 6.54 Å². The van der Waals surface area contributed by atoms with Crippen molar-refractivity contribution >= 4 is 23.1 Å². The summed E-state index contributed by atoms with van der Waals surface area (Å²) >= 11 is 0. The fourth-order valence-electron chi connectivity index (χ4n) is 2.50. The number of rotatable bonds is 3. The molecule has 3 rings (SSSR count). The molecule has 1 aromatic carbocycles. The Hall–Kier alpha value is -3.43. The Kier molecular flexibility index (Phi) is 3.87. The predicted octanol–water partition coefficient (Wildman–Crippen LogP) is -0.0205.